The Morgan fingerprint density at radius 1 is 1.42 bits per heavy atom. The number of hydrogen-bond donors (Lipinski definition) is 2. The Kier molecular flexibility index (Phi) is 7.04. The minimum absolute atomic E-state index is 0.0497. The number of imidazole rings is 1. The number of nitrogen functional groups attached to an aromatic ring is 1. The number of anilines is 1. The highest BCUT2D eigenvalue weighted by Crippen LogP contribution is 2.40. The molecule has 14 nitrogen and oxygen atoms in total. The first-order valence-electron chi connectivity index (χ1n) is 10.9. The predicted molar refractivity (Wildman–Crippen MR) is 136 cm³/mol. The van der Waals surface area contributed by atoms with E-state index in [1.807, 2.05) is 36.1 Å². The third-order valence-corrected chi connectivity index (χ3v) is 8.17. The molecule has 0 aromatic carbocycles. The number of β-lactam (4-membered cyclic amide) rings is 1. The number of carboxylic acids is 1. The number of hydrogen-bond acceptors (Lipinski definition) is 13. The van der Waals surface area contributed by atoms with Gasteiger partial charge in [-0.15, -0.1) is 16.3 Å². The highest BCUT2D eigenvalue weighted by Gasteiger charge is 2.53. The molecule has 5 rings (SSSR count). The Morgan fingerprint density at radius 2 is 2.24 bits per heavy atom. The van der Waals surface area contributed by atoms with Gasteiger partial charge in [-0.3, -0.25) is 14.5 Å². The van der Waals surface area contributed by atoms with E-state index in [0.29, 0.717) is 10.6 Å². The Labute approximate surface area is 227 Å². The monoisotopic (exact) mass is 573 g/mol. The maximum atomic E-state index is 12.9. The van der Waals surface area contributed by atoms with Gasteiger partial charge in [-0.1, -0.05) is 22.0 Å². The zero-order valence-corrected chi connectivity index (χ0v) is 22.2. The summed E-state index contributed by atoms with van der Waals surface area (Å²) in [5.74, 6) is -2.61. The first-order chi connectivity index (χ1) is 18.3. The Morgan fingerprint density at radius 3 is 2.95 bits per heavy atom. The first-order valence-corrected chi connectivity index (χ1v) is 13.6. The van der Waals surface area contributed by atoms with Gasteiger partial charge < -0.3 is 25.8 Å². The molecule has 17 heteroatoms. The lowest BCUT2D eigenvalue weighted by atomic mass is 10.0. The molecule has 0 bridgehead atoms. The molecule has 0 aliphatic carbocycles. The molecule has 3 N–H and O–H groups in total. The zero-order valence-electron chi connectivity index (χ0n) is 19.8. The van der Waals surface area contributed by atoms with Gasteiger partial charge in [-0.05, 0) is 23.1 Å². The zero-order chi connectivity index (χ0) is 27.0. The number of carbonyl (C=O) groups is 3. The molecular formula is C21H19N9O5S3. The van der Waals surface area contributed by atoms with Gasteiger partial charge in [0.2, 0.25) is 11.5 Å². The van der Waals surface area contributed by atoms with Crippen molar-refractivity contribution in [2.45, 2.75) is 16.4 Å². The van der Waals surface area contributed by atoms with Crippen LogP contribution in [0.4, 0.5) is 5.13 Å². The van der Waals surface area contributed by atoms with Crippen LogP contribution in [-0.4, -0.2) is 71.6 Å². The van der Waals surface area contributed by atoms with Crippen LogP contribution in [0, 0.1) is 0 Å². The van der Waals surface area contributed by atoms with Crippen molar-refractivity contribution in [3.63, 3.8) is 0 Å². The van der Waals surface area contributed by atoms with Gasteiger partial charge in [-0.2, -0.15) is 9.36 Å². The lowest BCUT2D eigenvalue weighted by molar-refractivity contribution is -0.644. The van der Waals surface area contributed by atoms with Crippen LogP contribution in [0.25, 0.3) is 5.65 Å². The standard InChI is InChI=1S/C21H19N9O5S3/c1-28-6-7-29-12(28)4-3-11(25-29)36-8-5-10-9-37-19-14(18(32)30(19)15(10)20(33)34)23-17(31)13(26-35-2)16-24-21(22)38-27-16/h3-8,14,19H,9H2,1-2H3,(H3-,22,23,24,27,31,33,34)/b8-5+,26-13-/t14-,19-/m1/s1. The van der Waals surface area contributed by atoms with Gasteiger partial charge in [-0.25, -0.2) is 4.57 Å². The summed E-state index contributed by atoms with van der Waals surface area (Å²) in [6.07, 6.45) is 5.34. The predicted octanol–water partition coefficient (Wildman–Crippen LogP) is -1.35. The number of nitrogens with one attached hydrogen (secondary N) is 1. The average Bonchev–Trinajstić information content (AvgIpc) is 3.50. The molecule has 0 radical (unpaired) electrons. The fraction of sp³-hybridized carbons (Fsp3) is 0.238. The molecule has 3 aromatic rings. The molecular weight excluding hydrogens is 554 g/mol. The summed E-state index contributed by atoms with van der Waals surface area (Å²) in [5.41, 5.74) is 6.42. The molecule has 2 aliphatic heterocycles. The molecule has 0 unspecified atom stereocenters. The Bertz CT molecular complexity index is 1550. The van der Waals surface area contributed by atoms with Crippen LogP contribution in [0.2, 0.25) is 0 Å². The number of aromatic nitrogens is 5. The molecule has 5 heterocycles. The second-order valence-electron chi connectivity index (χ2n) is 7.90. The van der Waals surface area contributed by atoms with E-state index in [9.17, 15) is 19.5 Å². The number of allylic oxidation sites excluding steroid dienone is 1. The normalized spacial score (nSPS) is 19.6. The van der Waals surface area contributed by atoms with E-state index in [2.05, 4.69) is 24.9 Å². The van der Waals surface area contributed by atoms with Gasteiger partial charge in [0, 0.05) is 23.4 Å². The summed E-state index contributed by atoms with van der Waals surface area (Å²) in [6.45, 7) is 0. The molecule has 3 aromatic heterocycles. The first kappa shape index (κ1) is 25.7. The molecule has 38 heavy (non-hydrogen) atoms. The number of carboxylic acid groups (broad SMARTS) is 1. The Balaban J connectivity index is 1.30. The second kappa shape index (κ2) is 10.4. The Hall–Kier alpha value is -3.96. The summed E-state index contributed by atoms with van der Waals surface area (Å²) in [6, 6.07) is 2.79. The third kappa shape index (κ3) is 4.70. The van der Waals surface area contributed by atoms with Crippen molar-refractivity contribution in [2.24, 2.45) is 12.2 Å². The van der Waals surface area contributed by atoms with Crippen molar-refractivity contribution in [2.75, 3.05) is 18.6 Å². The summed E-state index contributed by atoms with van der Waals surface area (Å²) in [5, 5.41) is 24.6. The fourth-order valence-corrected chi connectivity index (χ4v) is 6.27. The lowest BCUT2D eigenvalue weighted by Gasteiger charge is -2.50. The van der Waals surface area contributed by atoms with Crippen LogP contribution < -0.4 is 20.7 Å². The lowest BCUT2D eigenvalue weighted by Crippen LogP contribution is -2.71. The molecule has 2 amide bonds. The van der Waals surface area contributed by atoms with Crippen LogP contribution in [-0.2, 0) is 26.3 Å². The second-order valence-corrected chi connectivity index (χ2v) is 10.7. The number of fused-ring (bicyclic) bond motifs is 2. The van der Waals surface area contributed by atoms with Crippen molar-refractivity contribution < 1.29 is 28.9 Å². The minimum atomic E-state index is -1.48. The number of oxime groups is 1. The van der Waals surface area contributed by atoms with Crippen LogP contribution in [0.3, 0.4) is 0 Å². The number of rotatable bonds is 8. The summed E-state index contributed by atoms with van der Waals surface area (Å²) >= 11 is 3.49. The topological polar surface area (TPSA) is 184 Å². The van der Waals surface area contributed by atoms with Gasteiger partial charge in [0.15, 0.2) is 11.3 Å². The van der Waals surface area contributed by atoms with E-state index >= 15 is 0 Å². The molecule has 2 aliphatic rings. The van der Waals surface area contributed by atoms with Crippen LogP contribution in [0.1, 0.15) is 5.82 Å². The van der Waals surface area contributed by atoms with Crippen LogP contribution in [0.15, 0.2) is 57.5 Å². The van der Waals surface area contributed by atoms with E-state index in [4.69, 9.17) is 10.6 Å². The molecule has 196 valence electrons. The van der Waals surface area contributed by atoms with E-state index in [-0.39, 0.29) is 28.1 Å². The van der Waals surface area contributed by atoms with Crippen molar-refractivity contribution in [1.29, 1.82) is 0 Å². The number of aliphatic carboxylic acids is 1. The van der Waals surface area contributed by atoms with Gasteiger partial charge >= 0.3 is 5.65 Å². The molecule has 0 saturated carbocycles. The number of nitrogens with zero attached hydrogens (tertiary/aromatic N) is 7. The SMILES string of the molecule is CO/N=C(\C(=O)N[C@@H]1C(=O)N2C(C(=O)[O-])=C(/C=C/Sc3ccc4n(cc[n+]4C)n3)CS[C@H]12)c1nsc(N)n1. The smallest absolute Gasteiger partial charge is 0.306 e. The van der Waals surface area contributed by atoms with Crippen molar-refractivity contribution in [3.8, 4) is 0 Å². The quantitative estimate of drug-likeness (QED) is 0.107. The summed E-state index contributed by atoms with van der Waals surface area (Å²) in [4.78, 5) is 47.5. The number of amides is 2. The molecule has 2 atom stereocenters. The number of carbonyl (C=O) groups excluding carboxylic acids is 3. The molecule has 1 saturated heterocycles. The largest absolute Gasteiger partial charge is 0.543 e. The average molecular weight is 574 g/mol. The van der Waals surface area contributed by atoms with E-state index < -0.39 is 29.2 Å². The van der Waals surface area contributed by atoms with Crippen molar-refractivity contribution in [3.05, 3.63) is 53.1 Å². The van der Waals surface area contributed by atoms with Crippen molar-refractivity contribution in [1.82, 2.24) is 29.2 Å². The van der Waals surface area contributed by atoms with Gasteiger partial charge in [0.05, 0.1) is 18.7 Å². The van der Waals surface area contributed by atoms with E-state index in [1.54, 1.807) is 16.0 Å². The number of nitrogens with two attached hydrogens (primary N) is 1. The highest BCUT2D eigenvalue weighted by atomic mass is 32.2. The van der Waals surface area contributed by atoms with Crippen LogP contribution in [0.5, 0.6) is 0 Å². The van der Waals surface area contributed by atoms with Gasteiger partial charge in [0.1, 0.15) is 29.7 Å². The third-order valence-electron chi connectivity index (χ3n) is 5.60. The number of aryl methyl sites for hydroxylation is 1. The fourth-order valence-electron chi connectivity index (χ4n) is 3.87. The van der Waals surface area contributed by atoms with Crippen molar-refractivity contribution >= 4 is 69.3 Å². The molecule has 1 fully saturated rings. The minimum Gasteiger partial charge on any atom is -0.543 e. The molecule has 0 spiro atoms. The van der Waals surface area contributed by atoms with Gasteiger partial charge in [0.25, 0.3) is 11.8 Å². The number of thioether (sulfide) groups is 2. The van der Waals surface area contributed by atoms with E-state index in [0.717, 1.165) is 22.1 Å². The maximum absolute atomic E-state index is 12.9. The maximum Gasteiger partial charge on any atom is 0.306 e. The summed E-state index contributed by atoms with van der Waals surface area (Å²) < 4.78 is 7.61. The van der Waals surface area contributed by atoms with Crippen LogP contribution >= 0.6 is 35.1 Å². The highest BCUT2D eigenvalue weighted by molar-refractivity contribution is 8.02. The van der Waals surface area contributed by atoms with E-state index in [1.165, 1.54) is 30.6 Å². The summed E-state index contributed by atoms with van der Waals surface area (Å²) in [7, 11) is 3.16.